The van der Waals surface area contributed by atoms with E-state index in [1.54, 1.807) is 13.1 Å². The van der Waals surface area contributed by atoms with Gasteiger partial charge in [0.15, 0.2) is 5.84 Å². The Bertz CT molecular complexity index is 741. The van der Waals surface area contributed by atoms with E-state index >= 15 is 0 Å². The largest absolute Gasteiger partial charge is 0.374 e. The molecule has 2 atom stereocenters. The molecule has 0 unspecified atom stereocenters. The molecule has 1 amide bonds. The fourth-order valence-electron chi connectivity index (χ4n) is 4.17. The summed E-state index contributed by atoms with van der Waals surface area (Å²) < 4.78 is 6.30. The molecule has 0 radical (unpaired) electrons. The number of dihydropyridines is 2. The first kappa shape index (κ1) is 18.4. The van der Waals surface area contributed by atoms with Gasteiger partial charge in [0.25, 0.3) is 5.91 Å². The van der Waals surface area contributed by atoms with Crippen LogP contribution in [-0.2, 0) is 9.53 Å². The van der Waals surface area contributed by atoms with Gasteiger partial charge in [-0.15, -0.1) is 0 Å². The van der Waals surface area contributed by atoms with Crippen LogP contribution in [-0.4, -0.2) is 55.5 Å². The lowest BCUT2D eigenvalue weighted by molar-refractivity contribution is -0.114. The van der Waals surface area contributed by atoms with Crippen molar-refractivity contribution in [3.05, 3.63) is 23.3 Å². The Balaban J connectivity index is 1.47. The average molecular weight is 368 g/mol. The number of amidine groups is 1. The predicted octanol–water partition coefficient (Wildman–Crippen LogP) is 2.65. The molecule has 144 valence electrons. The zero-order chi connectivity index (χ0) is 18.6. The van der Waals surface area contributed by atoms with Crippen LogP contribution in [0.5, 0.6) is 0 Å². The van der Waals surface area contributed by atoms with Gasteiger partial charge in [-0.3, -0.25) is 9.79 Å². The highest BCUT2D eigenvalue weighted by Gasteiger charge is 2.29. The summed E-state index contributed by atoms with van der Waals surface area (Å²) in [5.41, 5.74) is 2.15. The lowest BCUT2D eigenvalue weighted by atomic mass is 9.90. The number of rotatable bonds is 4. The first-order chi connectivity index (χ1) is 13.2. The summed E-state index contributed by atoms with van der Waals surface area (Å²) in [5, 5.41) is 3.42. The van der Waals surface area contributed by atoms with E-state index in [0.29, 0.717) is 23.0 Å². The van der Waals surface area contributed by atoms with Crippen molar-refractivity contribution in [2.45, 2.75) is 57.6 Å². The molecular formula is C21H28N4O2. The fourth-order valence-corrected chi connectivity index (χ4v) is 4.17. The van der Waals surface area contributed by atoms with Gasteiger partial charge in [0.1, 0.15) is 5.71 Å². The number of carbonyl (C=O) groups excluding carboxylic acids is 1. The molecule has 6 heteroatoms. The van der Waals surface area contributed by atoms with Crippen LogP contribution in [0.2, 0.25) is 0 Å². The number of nitrogens with one attached hydrogen (secondary N) is 1. The van der Waals surface area contributed by atoms with Crippen molar-refractivity contribution in [1.82, 2.24) is 5.32 Å². The Morgan fingerprint density at radius 3 is 2.96 bits per heavy atom. The highest BCUT2D eigenvalue weighted by atomic mass is 16.5. The Kier molecular flexibility index (Phi) is 5.74. The highest BCUT2D eigenvalue weighted by molar-refractivity contribution is 6.53. The number of hydrogen-bond donors (Lipinski definition) is 1. The number of fused-ring (bicyclic) bond motifs is 1. The normalized spacial score (nSPS) is 30.6. The quantitative estimate of drug-likeness (QED) is 0.829. The molecule has 0 aromatic heterocycles. The van der Waals surface area contributed by atoms with E-state index in [1.807, 2.05) is 12.2 Å². The van der Waals surface area contributed by atoms with Crippen LogP contribution < -0.4 is 5.32 Å². The second-order valence-electron chi connectivity index (χ2n) is 7.88. The highest BCUT2D eigenvalue weighted by Crippen LogP contribution is 2.25. The van der Waals surface area contributed by atoms with Gasteiger partial charge >= 0.3 is 0 Å². The maximum atomic E-state index is 12.0. The topological polar surface area (TPSA) is 75.4 Å². The predicted molar refractivity (Wildman–Crippen MR) is 108 cm³/mol. The molecule has 0 bridgehead atoms. The number of carbonyl (C=O) groups is 1. The minimum atomic E-state index is -0.206. The number of ether oxygens (including phenoxy) is 1. The van der Waals surface area contributed by atoms with Crippen LogP contribution in [0, 0.1) is 5.92 Å². The molecular weight excluding hydrogens is 340 g/mol. The van der Waals surface area contributed by atoms with Gasteiger partial charge in [-0.25, -0.2) is 9.98 Å². The molecule has 4 rings (SSSR count). The molecule has 0 aromatic rings. The Labute approximate surface area is 160 Å². The number of nitrogens with zero attached hydrogens (tertiary/aromatic N) is 3. The molecule has 0 aromatic carbocycles. The molecule has 4 aliphatic rings. The summed E-state index contributed by atoms with van der Waals surface area (Å²) in [6.45, 7) is 4.34. The lowest BCUT2D eigenvalue weighted by Gasteiger charge is -2.32. The summed E-state index contributed by atoms with van der Waals surface area (Å²) in [7, 11) is 0. The Morgan fingerprint density at radius 2 is 2.11 bits per heavy atom. The molecule has 1 aliphatic carbocycles. The smallest absolute Gasteiger partial charge is 0.273 e. The minimum absolute atomic E-state index is 0.0474. The molecule has 1 saturated carbocycles. The summed E-state index contributed by atoms with van der Waals surface area (Å²) in [6, 6.07) is 0.0474. The monoisotopic (exact) mass is 368 g/mol. The van der Waals surface area contributed by atoms with E-state index in [9.17, 15) is 4.79 Å². The number of piperidine rings is 1. The van der Waals surface area contributed by atoms with Gasteiger partial charge in [0.05, 0.1) is 12.1 Å². The zero-order valence-corrected chi connectivity index (χ0v) is 16.0. The van der Waals surface area contributed by atoms with Gasteiger partial charge < -0.3 is 10.1 Å². The zero-order valence-electron chi connectivity index (χ0n) is 16.0. The Morgan fingerprint density at radius 1 is 1.26 bits per heavy atom. The third kappa shape index (κ3) is 4.33. The molecule has 1 N–H and O–H groups in total. The van der Waals surface area contributed by atoms with E-state index in [-0.39, 0.29) is 18.1 Å². The molecule has 2 fully saturated rings. The van der Waals surface area contributed by atoms with Crippen molar-refractivity contribution < 1.29 is 9.53 Å². The fraction of sp³-hybridized carbons (Fsp3) is 0.619. The molecule has 1 saturated heterocycles. The number of aliphatic imine (C=N–C) groups is 3. The summed E-state index contributed by atoms with van der Waals surface area (Å²) >= 11 is 0. The molecule has 3 aliphatic heterocycles. The van der Waals surface area contributed by atoms with Crippen LogP contribution in [0.1, 0.15) is 45.4 Å². The van der Waals surface area contributed by atoms with Crippen LogP contribution in [0.4, 0.5) is 0 Å². The van der Waals surface area contributed by atoms with Crippen molar-refractivity contribution in [2.24, 2.45) is 20.9 Å². The van der Waals surface area contributed by atoms with Crippen molar-refractivity contribution >= 4 is 23.7 Å². The van der Waals surface area contributed by atoms with Crippen molar-refractivity contribution in [3.8, 4) is 0 Å². The SMILES string of the molecule is CC1=CC2=CC=NC(=N[C@H]3CCNC[C@@H]3OCC3CCCCC3)C2=NC1=O. The molecule has 0 spiro atoms. The van der Waals surface area contributed by atoms with Gasteiger partial charge in [0, 0.05) is 30.5 Å². The second kappa shape index (κ2) is 8.40. The molecule has 6 nitrogen and oxygen atoms in total. The maximum Gasteiger partial charge on any atom is 0.273 e. The van der Waals surface area contributed by atoms with Gasteiger partial charge in [0.2, 0.25) is 0 Å². The minimum Gasteiger partial charge on any atom is -0.374 e. The van der Waals surface area contributed by atoms with E-state index in [1.165, 1.54) is 32.1 Å². The van der Waals surface area contributed by atoms with Gasteiger partial charge in [-0.1, -0.05) is 19.3 Å². The third-order valence-electron chi connectivity index (χ3n) is 5.81. The molecule has 3 heterocycles. The van der Waals surface area contributed by atoms with Gasteiger partial charge in [-0.2, -0.15) is 0 Å². The van der Waals surface area contributed by atoms with Crippen molar-refractivity contribution in [2.75, 3.05) is 19.7 Å². The second-order valence-corrected chi connectivity index (χ2v) is 7.88. The lowest BCUT2D eigenvalue weighted by Crippen LogP contribution is -2.46. The number of hydrogen-bond acceptors (Lipinski definition) is 4. The van der Waals surface area contributed by atoms with Crippen molar-refractivity contribution in [1.29, 1.82) is 0 Å². The van der Waals surface area contributed by atoms with Crippen LogP contribution in [0.25, 0.3) is 0 Å². The van der Waals surface area contributed by atoms with Crippen LogP contribution in [0.3, 0.4) is 0 Å². The summed E-state index contributed by atoms with van der Waals surface area (Å²) in [5.74, 6) is 1.04. The first-order valence-corrected chi connectivity index (χ1v) is 10.2. The van der Waals surface area contributed by atoms with E-state index in [0.717, 1.165) is 31.7 Å². The summed E-state index contributed by atoms with van der Waals surface area (Å²) in [4.78, 5) is 25.5. The standard InChI is InChI=1S/C21H28N4O2/c1-14-11-16-7-10-23-20(19(16)25-21(14)26)24-17-8-9-22-12-18(17)27-13-15-5-3-2-4-6-15/h7,10-11,15,17-18,22H,2-6,8-9,12-13H2,1H3/t17-,18-/m0/s1. The number of amides is 1. The van der Waals surface area contributed by atoms with Crippen LogP contribution in [0.15, 0.2) is 38.3 Å². The summed E-state index contributed by atoms with van der Waals surface area (Å²) in [6.07, 6.45) is 13.0. The Hall–Kier alpha value is -1.92. The van der Waals surface area contributed by atoms with Gasteiger partial charge in [-0.05, 0) is 50.8 Å². The maximum absolute atomic E-state index is 12.0. The van der Waals surface area contributed by atoms with Crippen LogP contribution >= 0.6 is 0 Å². The van der Waals surface area contributed by atoms with E-state index < -0.39 is 0 Å². The number of allylic oxidation sites excluding steroid dienone is 2. The third-order valence-corrected chi connectivity index (χ3v) is 5.81. The first-order valence-electron chi connectivity index (χ1n) is 10.2. The van der Waals surface area contributed by atoms with Crippen molar-refractivity contribution in [3.63, 3.8) is 0 Å². The average Bonchev–Trinajstić information content (AvgIpc) is 2.69. The molecule has 27 heavy (non-hydrogen) atoms. The van der Waals surface area contributed by atoms with E-state index in [2.05, 4.69) is 15.3 Å². The van der Waals surface area contributed by atoms with E-state index in [4.69, 9.17) is 9.73 Å².